The first-order valence-electron chi connectivity index (χ1n) is 7.90. The van der Waals surface area contributed by atoms with Crippen LogP contribution in [0.1, 0.15) is 16.1 Å². The molecule has 0 spiro atoms. The minimum Gasteiger partial charge on any atom is -0.761 e. The molecule has 0 aliphatic rings. The van der Waals surface area contributed by atoms with Crippen molar-refractivity contribution in [2.45, 2.75) is 6.54 Å². The summed E-state index contributed by atoms with van der Waals surface area (Å²) in [5, 5.41) is 10.9. The Balaban J connectivity index is 1.98. The lowest BCUT2D eigenvalue weighted by molar-refractivity contribution is 0.0589. The van der Waals surface area contributed by atoms with E-state index in [1.165, 1.54) is 13.3 Å². The van der Waals surface area contributed by atoms with E-state index < -0.39 is 5.97 Å². The maximum atomic E-state index is 11.8. The number of hydrogen-bond acceptors (Lipinski definition) is 6. The number of hydrogen-bond donors (Lipinski definition) is 1. The van der Waals surface area contributed by atoms with Crippen LogP contribution < -0.4 is 10.2 Å². The van der Waals surface area contributed by atoms with Crippen LogP contribution in [-0.4, -0.2) is 29.7 Å². The van der Waals surface area contributed by atoms with E-state index in [1.54, 1.807) is 36.2 Å². The number of esters is 1. The Morgan fingerprint density at radius 3 is 2.81 bits per heavy atom. The lowest BCUT2D eigenvalue weighted by Crippen LogP contribution is -2.10. The van der Waals surface area contributed by atoms with Gasteiger partial charge < -0.3 is 24.7 Å². The van der Waals surface area contributed by atoms with Crippen molar-refractivity contribution in [2.24, 2.45) is 0 Å². The first kappa shape index (κ1) is 17.5. The van der Waals surface area contributed by atoms with Gasteiger partial charge in [0.1, 0.15) is 11.4 Å². The smallest absolute Gasteiger partial charge is 0.356 e. The van der Waals surface area contributed by atoms with Gasteiger partial charge in [-0.15, -0.1) is 0 Å². The topological polar surface area (TPSA) is 88.4 Å². The second-order valence-corrected chi connectivity index (χ2v) is 5.62. The van der Waals surface area contributed by atoms with Gasteiger partial charge in [-0.3, -0.25) is 0 Å². The Morgan fingerprint density at radius 1 is 1.23 bits per heavy atom. The third-order valence-electron chi connectivity index (χ3n) is 4.02. The van der Waals surface area contributed by atoms with Crippen molar-refractivity contribution in [3.63, 3.8) is 0 Å². The molecule has 26 heavy (non-hydrogen) atoms. The van der Waals surface area contributed by atoms with E-state index in [9.17, 15) is 10.0 Å². The highest BCUT2D eigenvalue weighted by atomic mass is 16.5. The van der Waals surface area contributed by atoms with Gasteiger partial charge in [0.25, 0.3) is 0 Å². The predicted molar refractivity (Wildman–Crippen MR) is 98.1 cm³/mol. The molecule has 0 saturated heterocycles. The fraction of sp³-hybridized carbons (Fsp3) is 0.158. The number of benzene rings is 2. The lowest BCUT2D eigenvalue weighted by Gasteiger charge is -2.15. The molecule has 0 radical (unpaired) electrons. The van der Waals surface area contributed by atoms with Gasteiger partial charge in [0.15, 0.2) is 0 Å². The quantitative estimate of drug-likeness (QED) is 0.541. The fourth-order valence-corrected chi connectivity index (χ4v) is 2.75. The predicted octanol–water partition coefficient (Wildman–Crippen LogP) is 3.30. The average molecular weight is 352 g/mol. The number of nitrogens with one attached hydrogen (secondary N) is 1. The van der Waals surface area contributed by atoms with Gasteiger partial charge in [-0.05, 0) is 35.4 Å². The van der Waals surface area contributed by atoms with Crippen molar-refractivity contribution in [2.75, 3.05) is 19.7 Å². The highest BCUT2D eigenvalue weighted by Gasteiger charge is 2.13. The van der Waals surface area contributed by atoms with Crippen LogP contribution in [0, 0.1) is 5.21 Å². The summed E-state index contributed by atoms with van der Waals surface area (Å²) in [6.07, 6.45) is 3.05. The summed E-state index contributed by atoms with van der Waals surface area (Å²) in [7, 11) is 2.93. The zero-order valence-corrected chi connectivity index (χ0v) is 14.4. The van der Waals surface area contributed by atoms with Gasteiger partial charge >= 0.3 is 5.97 Å². The van der Waals surface area contributed by atoms with Crippen LogP contribution in [-0.2, 0) is 11.3 Å². The Labute approximate surface area is 150 Å². The largest absolute Gasteiger partial charge is 0.761 e. The number of imidazole rings is 1. The molecule has 3 aromatic rings. The summed E-state index contributed by atoms with van der Waals surface area (Å²) in [5.74, 6) is 0.251. The van der Waals surface area contributed by atoms with E-state index in [-0.39, 0.29) is 0 Å². The third kappa shape index (κ3) is 3.52. The minimum absolute atomic E-state index is 0.377. The van der Waals surface area contributed by atoms with E-state index in [4.69, 9.17) is 9.47 Å². The molecule has 3 rings (SSSR count). The normalized spacial score (nSPS) is 10.4. The van der Waals surface area contributed by atoms with Crippen molar-refractivity contribution in [3.8, 4) is 16.9 Å². The molecule has 134 valence electrons. The summed E-state index contributed by atoms with van der Waals surface area (Å²) in [6, 6.07) is 12.9. The Kier molecular flexibility index (Phi) is 5.19. The molecule has 0 atom stereocenters. The first-order valence-corrected chi connectivity index (χ1v) is 7.90. The molecule has 7 heteroatoms. The van der Waals surface area contributed by atoms with E-state index in [1.807, 2.05) is 29.7 Å². The molecule has 2 aromatic carbocycles. The highest BCUT2D eigenvalue weighted by Crippen LogP contribution is 2.32. The molecule has 0 amide bonds. The molecule has 0 fully saturated rings. The standard InChI is InChI=1S/C19H18N3O4/c1-25-18-7-6-13(11-22-12-20-10-17(22)19(23)26-2)8-16(18)14-4-3-5-15(9-14)21-24/h3-10,12,21H,11H2,1-2H3/q-1. The number of aromatic nitrogens is 2. The van der Waals surface area contributed by atoms with Gasteiger partial charge in [-0.2, -0.15) is 0 Å². The number of ether oxygens (including phenoxy) is 2. The Bertz CT molecular complexity index is 921. The third-order valence-corrected chi connectivity index (χ3v) is 4.02. The number of nitrogens with zero attached hydrogens (tertiary/aromatic N) is 2. The van der Waals surface area contributed by atoms with Crippen molar-refractivity contribution < 1.29 is 14.3 Å². The fourth-order valence-electron chi connectivity index (χ4n) is 2.75. The maximum absolute atomic E-state index is 11.8. The summed E-state index contributed by atoms with van der Waals surface area (Å²) in [4.78, 5) is 15.8. The summed E-state index contributed by atoms with van der Waals surface area (Å²) in [6.45, 7) is 0.445. The summed E-state index contributed by atoms with van der Waals surface area (Å²) in [5.41, 5.74) is 5.39. The molecule has 1 N–H and O–H groups in total. The first-order chi connectivity index (χ1) is 12.7. The molecule has 0 bridgehead atoms. The molecular formula is C19H18N3O4-. The molecule has 0 aliphatic heterocycles. The van der Waals surface area contributed by atoms with Crippen molar-refractivity contribution in [3.05, 3.63) is 71.5 Å². The second-order valence-electron chi connectivity index (χ2n) is 5.62. The SMILES string of the molecule is COC(=O)c1cncn1Cc1ccc(OC)c(-c2cccc(N[O-])c2)c1. The molecule has 1 aromatic heterocycles. The van der Waals surface area contributed by atoms with Gasteiger partial charge in [-0.25, -0.2) is 9.78 Å². The zero-order chi connectivity index (χ0) is 18.5. The zero-order valence-electron chi connectivity index (χ0n) is 14.4. The number of carbonyl (C=O) groups excluding carboxylic acids is 1. The lowest BCUT2D eigenvalue weighted by atomic mass is 10.0. The minimum atomic E-state index is -0.439. The summed E-state index contributed by atoms with van der Waals surface area (Å²) < 4.78 is 11.9. The Hall–Kier alpha value is -3.32. The van der Waals surface area contributed by atoms with Crippen molar-refractivity contribution in [1.29, 1.82) is 0 Å². The highest BCUT2D eigenvalue weighted by molar-refractivity contribution is 5.87. The van der Waals surface area contributed by atoms with Crippen LogP contribution in [0.25, 0.3) is 11.1 Å². The van der Waals surface area contributed by atoms with Crippen LogP contribution >= 0.6 is 0 Å². The van der Waals surface area contributed by atoms with E-state index in [2.05, 4.69) is 4.98 Å². The number of anilines is 1. The van der Waals surface area contributed by atoms with Gasteiger partial charge in [0.05, 0.1) is 26.7 Å². The monoisotopic (exact) mass is 352 g/mol. The van der Waals surface area contributed by atoms with E-state index >= 15 is 0 Å². The van der Waals surface area contributed by atoms with Crippen molar-refractivity contribution in [1.82, 2.24) is 9.55 Å². The summed E-state index contributed by atoms with van der Waals surface area (Å²) >= 11 is 0. The van der Waals surface area contributed by atoms with Crippen molar-refractivity contribution >= 4 is 11.7 Å². The van der Waals surface area contributed by atoms with E-state index in [0.717, 1.165) is 16.7 Å². The van der Waals surface area contributed by atoms with E-state index in [0.29, 0.717) is 23.7 Å². The molecule has 0 unspecified atom stereocenters. The van der Waals surface area contributed by atoms with Gasteiger partial charge in [0, 0.05) is 17.8 Å². The number of methoxy groups -OCH3 is 2. The van der Waals surface area contributed by atoms with Crippen LogP contribution in [0.5, 0.6) is 5.75 Å². The molecular weight excluding hydrogens is 334 g/mol. The maximum Gasteiger partial charge on any atom is 0.356 e. The van der Waals surface area contributed by atoms with Crippen LogP contribution in [0.15, 0.2) is 55.0 Å². The average Bonchev–Trinajstić information content (AvgIpc) is 3.15. The Morgan fingerprint density at radius 2 is 2.08 bits per heavy atom. The van der Waals surface area contributed by atoms with Crippen LogP contribution in [0.2, 0.25) is 0 Å². The molecule has 0 saturated carbocycles. The van der Waals surface area contributed by atoms with Crippen LogP contribution in [0.4, 0.5) is 5.69 Å². The molecule has 0 aliphatic carbocycles. The van der Waals surface area contributed by atoms with Crippen LogP contribution in [0.3, 0.4) is 0 Å². The van der Waals surface area contributed by atoms with Gasteiger partial charge in [-0.1, -0.05) is 18.2 Å². The molecule has 1 heterocycles. The number of carbonyl (C=O) groups is 1. The molecule has 7 nitrogen and oxygen atoms in total. The van der Waals surface area contributed by atoms with Gasteiger partial charge in [0.2, 0.25) is 0 Å². The number of rotatable bonds is 6. The second kappa shape index (κ2) is 7.71.